The van der Waals surface area contributed by atoms with Crippen molar-refractivity contribution in [1.29, 1.82) is 0 Å². The fourth-order valence-electron chi connectivity index (χ4n) is 5.15. The zero-order valence-corrected chi connectivity index (χ0v) is 19.8. The Hall–Kier alpha value is -2.37. The molecule has 0 aromatic heterocycles. The molecule has 32 heavy (non-hydrogen) atoms. The van der Waals surface area contributed by atoms with Crippen molar-refractivity contribution in [1.82, 2.24) is 10.2 Å². The summed E-state index contributed by atoms with van der Waals surface area (Å²) in [5, 5.41) is 3.78. The van der Waals surface area contributed by atoms with E-state index in [1.807, 2.05) is 12.1 Å². The van der Waals surface area contributed by atoms with Gasteiger partial charge in [0, 0.05) is 29.1 Å². The summed E-state index contributed by atoms with van der Waals surface area (Å²) >= 11 is 6.40. The van der Waals surface area contributed by atoms with Crippen molar-refractivity contribution < 1.29 is 9.59 Å². The maximum atomic E-state index is 12.7. The Morgan fingerprint density at radius 3 is 2.47 bits per heavy atom. The van der Waals surface area contributed by atoms with Gasteiger partial charge in [-0.05, 0) is 73.9 Å². The number of halogens is 1. The van der Waals surface area contributed by atoms with Crippen LogP contribution in [0.4, 0.5) is 0 Å². The number of carbonyl (C=O) groups excluding carboxylic acids is 2. The van der Waals surface area contributed by atoms with E-state index >= 15 is 0 Å². The van der Waals surface area contributed by atoms with Gasteiger partial charge < -0.3 is 16.0 Å². The third-order valence-corrected chi connectivity index (χ3v) is 8.11. The summed E-state index contributed by atoms with van der Waals surface area (Å²) in [6.07, 6.45) is 3.44. The molecule has 4 rings (SSSR count). The third-order valence-electron chi connectivity index (χ3n) is 7.76. The van der Waals surface area contributed by atoms with Crippen molar-refractivity contribution >= 4 is 23.4 Å². The highest BCUT2D eigenvalue weighted by atomic mass is 35.5. The molecule has 2 aromatic rings. The van der Waals surface area contributed by atoms with E-state index in [2.05, 4.69) is 55.5 Å². The predicted molar refractivity (Wildman–Crippen MR) is 128 cm³/mol. The van der Waals surface area contributed by atoms with Crippen LogP contribution < -0.4 is 11.1 Å². The molecule has 2 saturated carbocycles. The summed E-state index contributed by atoms with van der Waals surface area (Å²) in [6.45, 7) is 2.89. The van der Waals surface area contributed by atoms with Crippen molar-refractivity contribution in [2.45, 2.75) is 43.6 Å². The Labute approximate surface area is 195 Å². The van der Waals surface area contributed by atoms with Crippen LogP contribution in [0.2, 0.25) is 5.02 Å². The smallest absolute Gasteiger partial charge is 0.248 e. The molecule has 2 amide bonds. The van der Waals surface area contributed by atoms with E-state index in [0.717, 1.165) is 24.8 Å². The lowest BCUT2D eigenvalue weighted by Gasteiger charge is -2.26. The number of rotatable bonds is 9. The number of amides is 2. The molecule has 0 heterocycles. The minimum absolute atomic E-state index is 0.0619. The van der Waals surface area contributed by atoms with Gasteiger partial charge in [-0.15, -0.1) is 0 Å². The monoisotopic (exact) mass is 453 g/mol. The van der Waals surface area contributed by atoms with Crippen LogP contribution in [0.5, 0.6) is 0 Å². The number of hydrogen-bond donors (Lipinski definition) is 2. The summed E-state index contributed by atoms with van der Waals surface area (Å²) in [4.78, 5) is 26.3. The van der Waals surface area contributed by atoms with E-state index < -0.39 is 5.91 Å². The van der Waals surface area contributed by atoms with E-state index in [-0.39, 0.29) is 16.9 Å². The van der Waals surface area contributed by atoms with Gasteiger partial charge in [0.25, 0.3) is 0 Å². The Kier molecular flexibility index (Phi) is 6.08. The van der Waals surface area contributed by atoms with Crippen LogP contribution in [0, 0.1) is 11.8 Å². The molecule has 170 valence electrons. The number of primary amides is 1. The van der Waals surface area contributed by atoms with Crippen molar-refractivity contribution in [3.8, 4) is 0 Å². The lowest BCUT2D eigenvalue weighted by atomic mass is 9.94. The molecular formula is C26H32ClN3O2. The largest absolute Gasteiger partial charge is 0.366 e. The average molecular weight is 454 g/mol. The first kappa shape index (κ1) is 22.8. The normalized spacial score (nSPS) is 28.4. The number of benzene rings is 2. The van der Waals surface area contributed by atoms with E-state index in [4.69, 9.17) is 17.3 Å². The second-order valence-corrected chi connectivity index (χ2v) is 10.3. The Morgan fingerprint density at radius 1 is 1.12 bits per heavy atom. The third kappa shape index (κ3) is 4.41. The molecule has 0 radical (unpaired) electrons. The van der Waals surface area contributed by atoms with Gasteiger partial charge in [0.2, 0.25) is 11.8 Å². The Balaban J connectivity index is 1.32. The van der Waals surface area contributed by atoms with Gasteiger partial charge in [0.05, 0.1) is 0 Å². The van der Waals surface area contributed by atoms with Crippen molar-refractivity contribution in [3.63, 3.8) is 0 Å². The zero-order valence-electron chi connectivity index (χ0n) is 19.0. The topological polar surface area (TPSA) is 75.4 Å². The zero-order chi connectivity index (χ0) is 23.1. The average Bonchev–Trinajstić information content (AvgIpc) is 3.64. The van der Waals surface area contributed by atoms with E-state index in [0.29, 0.717) is 35.4 Å². The fraction of sp³-hybridized carbons (Fsp3) is 0.462. The summed E-state index contributed by atoms with van der Waals surface area (Å²) in [6, 6.07) is 15.7. The standard InChI is InChI=1S/C26H32ClN3O2/c1-25(19-7-5-4-6-8-19)14-20(25)13-23(31)29-16-26(30(2)3)15-21(26)11-17-9-10-18(24(28)32)12-22(17)27/h4-10,12,20-21H,11,13-16H2,1-3H3,(H2,28,32)(H,29,31)/t20-,21?,25+,26-/m0/s1. The molecule has 2 aromatic carbocycles. The first-order valence-electron chi connectivity index (χ1n) is 11.2. The molecule has 6 heteroatoms. The van der Waals surface area contributed by atoms with E-state index in [9.17, 15) is 9.59 Å². The minimum Gasteiger partial charge on any atom is -0.366 e. The van der Waals surface area contributed by atoms with Crippen LogP contribution >= 0.6 is 11.6 Å². The van der Waals surface area contributed by atoms with E-state index in [1.165, 1.54) is 5.56 Å². The van der Waals surface area contributed by atoms with Gasteiger partial charge in [0.1, 0.15) is 0 Å². The van der Waals surface area contributed by atoms with Crippen molar-refractivity contribution in [2.75, 3.05) is 20.6 Å². The van der Waals surface area contributed by atoms with Crippen LogP contribution in [0.1, 0.15) is 47.7 Å². The summed E-state index contributed by atoms with van der Waals surface area (Å²) in [7, 11) is 4.13. The maximum Gasteiger partial charge on any atom is 0.248 e. The van der Waals surface area contributed by atoms with Crippen molar-refractivity contribution in [3.05, 3.63) is 70.2 Å². The van der Waals surface area contributed by atoms with Gasteiger partial charge in [-0.1, -0.05) is 54.9 Å². The first-order valence-corrected chi connectivity index (χ1v) is 11.6. The Bertz CT molecular complexity index is 1020. The molecule has 2 aliphatic rings. The molecule has 0 aliphatic heterocycles. The lowest BCUT2D eigenvalue weighted by Crippen LogP contribution is -2.44. The minimum atomic E-state index is -0.478. The molecule has 2 fully saturated rings. The number of nitrogens with one attached hydrogen (secondary N) is 1. The Morgan fingerprint density at radius 2 is 1.84 bits per heavy atom. The van der Waals surface area contributed by atoms with Crippen LogP contribution in [0.15, 0.2) is 48.5 Å². The molecule has 0 saturated heterocycles. The van der Waals surface area contributed by atoms with Crippen LogP contribution in [0.3, 0.4) is 0 Å². The number of nitrogens with zero attached hydrogens (tertiary/aromatic N) is 1. The SMILES string of the molecule is CN(C)[C@]1(CNC(=O)C[C@H]2C[C@]2(C)c2ccccc2)CC1Cc1ccc(C(N)=O)cc1Cl. The lowest BCUT2D eigenvalue weighted by molar-refractivity contribution is -0.121. The van der Waals surface area contributed by atoms with Gasteiger partial charge >= 0.3 is 0 Å². The van der Waals surface area contributed by atoms with Crippen LogP contribution in [-0.4, -0.2) is 42.9 Å². The van der Waals surface area contributed by atoms with Gasteiger partial charge in [0.15, 0.2) is 0 Å². The summed E-state index contributed by atoms with van der Waals surface area (Å²) < 4.78 is 0. The second-order valence-electron chi connectivity index (χ2n) is 9.94. The number of carbonyl (C=O) groups is 2. The van der Waals surface area contributed by atoms with Crippen LogP contribution in [-0.2, 0) is 16.6 Å². The number of hydrogen-bond acceptors (Lipinski definition) is 3. The number of likely N-dealkylation sites (N-methyl/N-ethyl adjacent to an activating group) is 1. The molecule has 1 unspecified atom stereocenters. The highest BCUT2D eigenvalue weighted by Crippen LogP contribution is 2.55. The molecular weight excluding hydrogens is 422 g/mol. The molecule has 5 nitrogen and oxygen atoms in total. The molecule has 3 N–H and O–H groups in total. The fourth-order valence-corrected chi connectivity index (χ4v) is 5.41. The summed E-state index contributed by atoms with van der Waals surface area (Å²) in [5.74, 6) is 0.447. The van der Waals surface area contributed by atoms with Crippen LogP contribution in [0.25, 0.3) is 0 Å². The molecule has 0 bridgehead atoms. The highest BCUT2D eigenvalue weighted by Gasteiger charge is 2.56. The molecule has 2 aliphatic carbocycles. The second kappa shape index (κ2) is 8.53. The number of nitrogens with two attached hydrogens (primary N) is 1. The molecule has 0 spiro atoms. The van der Waals surface area contributed by atoms with Gasteiger partial charge in [-0.25, -0.2) is 0 Å². The van der Waals surface area contributed by atoms with Gasteiger partial charge in [-0.3, -0.25) is 9.59 Å². The predicted octanol–water partition coefficient (Wildman–Crippen LogP) is 3.79. The molecule has 4 atom stereocenters. The summed E-state index contributed by atoms with van der Waals surface area (Å²) in [5.41, 5.74) is 8.15. The highest BCUT2D eigenvalue weighted by molar-refractivity contribution is 6.31. The van der Waals surface area contributed by atoms with E-state index in [1.54, 1.807) is 12.1 Å². The quantitative estimate of drug-likeness (QED) is 0.606. The van der Waals surface area contributed by atoms with Crippen molar-refractivity contribution in [2.24, 2.45) is 17.6 Å². The van der Waals surface area contributed by atoms with Gasteiger partial charge in [-0.2, -0.15) is 0 Å². The maximum absolute atomic E-state index is 12.7. The first-order chi connectivity index (χ1) is 15.2.